The minimum absolute atomic E-state index is 0.149. The van der Waals surface area contributed by atoms with Crippen molar-refractivity contribution in [2.45, 2.75) is 13.3 Å². The standard InChI is InChI=1S/C11H12BN3O/c1-9(16)14(2)15(12)11-5-3-10(4-6-11)7-8-13/h3-6H,7H2,1-2H3. The van der Waals surface area contributed by atoms with Gasteiger partial charge in [-0.05, 0) is 17.7 Å². The molecular formula is C11H12BN3O. The van der Waals surface area contributed by atoms with E-state index in [0.29, 0.717) is 12.1 Å². The Balaban J connectivity index is 2.82. The highest BCUT2D eigenvalue weighted by molar-refractivity contribution is 6.18. The Labute approximate surface area is 96.5 Å². The molecule has 0 spiro atoms. The van der Waals surface area contributed by atoms with Crippen molar-refractivity contribution in [2.24, 2.45) is 0 Å². The third kappa shape index (κ3) is 2.77. The zero-order chi connectivity index (χ0) is 12.1. The molecule has 0 unspecified atom stereocenters. The lowest BCUT2D eigenvalue weighted by Gasteiger charge is -2.30. The van der Waals surface area contributed by atoms with Crippen LogP contribution in [0.5, 0.6) is 0 Å². The van der Waals surface area contributed by atoms with Gasteiger partial charge in [0.05, 0.1) is 12.5 Å². The second-order valence-corrected chi connectivity index (χ2v) is 3.39. The molecule has 0 bridgehead atoms. The van der Waals surface area contributed by atoms with Gasteiger partial charge in [-0.15, -0.1) is 0 Å². The van der Waals surface area contributed by atoms with Gasteiger partial charge in [0.2, 0.25) is 5.91 Å². The minimum Gasteiger partial charge on any atom is -0.342 e. The number of rotatable bonds is 3. The molecule has 0 fully saturated rings. The smallest absolute Gasteiger partial charge is 0.262 e. The summed E-state index contributed by atoms with van der Waals surface area (Å²) in [5, 5.41) is 9.83. The fraction of sp³-hybridized carbons (Fsp3) is 0.273. The van der Waals surface area contributed by atoms with Crippen LogP contribution in [0, 0.1) is 11.3 Å². The molecule has 0 aliphatic rings. The maximum Gasteiger partial charge on any atom is 0.262 e. The molecule has 0 aliphatic heterocycles. The van der Waals surface area contributed by atoms with Crippen molar-refractivity contribution in [1.82, 2.24) is 5.01 Å². The lowest BCUT2D eigenvalue weighted by molar-refractivity contribution is -0.127. The first kappa shape index (κ1) is 12.1. The van der Waals surface area contributed by atoms with Crippen molar-refractivity contribution in [1.29, 1.82) is 5.26 Å². The second-order valence-electron chi connectivity index (χ2n) is 3.39. The van der Waals surface area contributed by atoms with E-state index in [0.717, 1.165) is 5.56 Å². The van der Waals surface area contributed by atoms with Crippen LogP contribution in [0.1, 0.15) is 12.5 Å². The van der Waals surface area contributed by atoms with Crippen molar-refractivity contribution in [2.75, 3.05) is 12.0 Å². The van der Waals surface area contributed by atoms with E-state index in [1.165, 1.54) is 16.9 Å². The van der Waals surface area contributed by atoms with Gasteiger partial charge in [0, 0.05) is 19.7 Å². The summed E-state index contributed by atoms with van der Waals surface area (Å²) in [5.41, 5.74) is 1.62. The average Bonchev–Trinajstić information content (AvgIpc) is 2.28. The molecule has 16 heavy (non-hydrogen) atoms. The normalized spacial score (nSPS) is 9.31. The van der Waals surface area contributed by atoms with Crippen LogP contribution in [-0.4, -0.2) is 25.9 Å². The third-order valence-electron chi connectivity index (χ3n) is 2.26. The van der Waals surface area contributed by atoms with Crippen molar-refractivity contribution in [3.63, 3.8) is 0 Å². The maximum absolute atomic E-state index is 11.1. The number of carbonyl (C=O) groups excluding carboxylic acids is 1. The number of carbonyl (C=O) groups is 1. The van der Waals surface area contributed by atoms with Gasteiger partial charge in [0.1, 0.15) is 0 Å². The molecule has 0 saturated heterocycles. The number of nitrogens with zero attached hydrogens (tertiary/aromatic N) is 3. The predicted octanol–water partition coefficient (Wildman–Crippen LogP) is 1.04. The zero-order valence-corrected chi connectivity index (χ0v) is 9.34. The molecule has 2 radical (unpaired) electrons. The number of benzene rings is 1. The fourth-order valence-corrected chi connectivity index (χ4v) is 1.18. The summed E-state index contributed by atoms with van der Waals surface area (Å²) < 4.78 is 0. The summed E-state index contributed by atoms with van der Waals surface area (Å²) in [6, 6.07) is 9.23. The number of hydrogen-bond donors (Lipinski definition) is 0. The number of nitriles is 1. The highest BCUT2D eigenvalue weighted by Gasteiger charge is 2.08. The summed E-state index contributed by atoms with van der Waals surface area (Å²) in [7, 11) is 7.33. The van der Waals surface area contributed by atoms with E-state index in [1.807, 2.05) is 12.1 Å². The number of anilines is 1. The monoisotopic (exact) mass is 213 g/mol. The van der Waals surface area contributed by atoms with Gasteiger partial charge in [-0.1, -0.05) is 12.1 Å². The van der Waals surface area contributed by atoms with Gasteiger partial charge in [-0.3, -0.25) is 9.80 Å². The molecule has 0 saturated carbocycles. The maximum atomic E-state index is 11.1. The van der Waals surface area contributed by atoms with Crippen LogP contribution in [-0.2, 0) is 11.2 Å². The molecule has 1 aromatic rings. The molecule has 1 rings (SSSR count). The van der Waals surface area contributed by atoms with E-state index < -0.39 is 0 Å². The molecule has 5 heteroatoms. The summed E-state index contributed by atoms with van der Waals surface area (Å²) in [6.45, 7) is 1.43. The fourth-order valence-electron chi connectivity index (χ4n) is 1.18. The Morgan fingerprint density at radius 3 is 2.44 bits per heavy atom. The Bertz CT molecular complexity index is 410. The van der Waals surface area contributed by atoms with Crippen LogP contribution < -0.4 is 4.92 Å². The zero-order valence-electron chi connectivity index (χ0n) is 9.34. The average molecular weight is 213 g/mol. The summed E-state index contributed by atoms with van der Waals surface area (Å²) in [5.74, 6) is -0.149. The van der Waals surface area contributed by atoms with E-state index in [1.54, 1.807) is 19.2 Å². The molecule has 80 valence electrons. The van der Waals surface area contributed by atoms with Crippen LogP contribution in [0.25, 0.3) is 0 Å². The van der Waals surface area contributed by atoms with Crippen molar-refractivity contribution in [3.05, 3.63) is 29.8 Å². The highest BCUT2D eigenvalue weighted by Crippen LogP contribution is 2.14. The Kier molecular flexibility index (Phi) is 3.95. The largest absolute Gasteiger partial charge is 0.342 e. The minimum atomic E-state index is -0.149. The van der Waals surface area contributed by atoms with Crippen LogP contribution in [0.2, 0.25) is 0 Å². The van der Waals surface area contributed by atoms with E-state index in [9.17, 15) is 4.79 Å². The molecule has 0 aliphatic carbocycles. The third-order valence-corrected chi connectivity index (χ3v) is 2.26. The molecule has 4 nitrogen and oxygen atoms in total. The van der Waals surface area contributed by atoms with Gasteiger partial charge in [-0.25, -0.2) is 0 Å². The highest BCUT2D eigenvalue weighted by atomic mass is 16.2. The van der Waals surface area contributed by atoms with Crippen molar-refractivity contribution >= 4 is 19.6 Å². The Hall–Kier alpha value is -1.96. The van der Waals surface area contributed by atoms with E-state index in [-0.39, 0.29) is 5.91 Å². The predicted molar refractivity (Wildman–Crippen MR) is 62.4 cm³/mol. The lowest BCUT2D eigenvalue weighted by atomic mass is 10.1. The van der Waals surface area contributed by atoms with Gasteiger partial charge < -0.3 is 4.92 Å². The van der Waals surface area contributed by atoms with Crippen LogP contribution in [0.3, 0.4) is 0 Å². The first-order valence-electron chi connectivity index (χ1n) is 4.81. The van der Waals surface area contributed by atoms with E-state index >= 15 is 0 Å². The number of amides is 1. The molecule has 0 aromatic heterocycles. The lowest BCUT2D eigenvalue weighted by Crippen LogP contribution is -2.41. The van der Waals surface area contributed by atoms with E-state index in [2.05, 4.69) is 6.07 Å². The molecule has 1 amide bonds. The van der Waals surface area contributed by atoms with Gasteiger partial charge >= 0.3 is 0 Å². The van der Waals surface area contributed by atoms with Crippen LogP contribution in [0.15, 0.2) is 24.3 Å². The first-order valence-corrected chi connectivity index (χ1v) is 4.81. The Morgan fingerprint density at radius 1 is 1.44 bits per heavy atom. The molecule has 1 aromatic carbocycles. The number of hydrazine groups is 1. The quantitative estimate of drug-likeness (QED) is 0.556. The number of hydrogen-bond acceptors (Lipinski definition) is 3. The van der Waals surface area contributed by atoms with Crippen molar-refractivity contribution < 1.29 is 4.79 Å². The molecular weight excluding hydrogens is 201 g/mol. The molecule has 0 heterocycles. The van der Waals surface area contributed by atoms with Gasteiger partial charge in [-0.2, -0.15) is 5.26 Å². The molecule has 0 N–H and O–H groups in total. The topological polar surface area (TPSA) is 47.3 Å². The summed E-state index contributed by atoms with van der Waals surface area (Å²) in [4.78, 5) is 12.4. The first-order chi connectivity index (χ1) is 7.56. The Morgan fingerprint density at radius 2 is 2.00 bits per heavy atom. The summed E-state index contributed by atoms with van der Waals surface area (Å²) in [6.07, 6.45) is 0.368. The van der Waals surface area contributed by atoms with E-state index in [4.69, 9.17) is 13.2 Å². The molecule has 0 atom stereocenters. The van der Waals surface area contributed by atoms with Crippen LogP contribution >= 0.6 is 0 Å². The van der Waals surface area contributed by atoms with Crippen LogP contribution in [0.4, 0.5) is 5.69 Å². The SMILES string of the molecule is [B]N(c1ccc(CC#N)cc1)N(C)C(C)=O. The van der Waals surface area contributed by atoms with Gasteiger partial charge in [0.25, 0.3) is 7.98 Å². The second kappa shape index (κ2) is 5.22. The van der Waals surface area contributed by atoms with Crippen molar-refractivity contribution in [3.8, 4) is 6.07 Å². The van der Waals surface area contributed by atoms with Gasteiger partial charge in [0.15, 0.2) is 0 Å². The summed E-state index contributed by atoms with van der Waals surface area (Å²) >= 11 is 0.